The smallest absolute Gasteiger partial charge is 0.410 e. The van der Waals surface area contributed by atoms with E-state index in [0.29, 0.717) is 45.4 Å². The van der Waals surface area contributed by atoms with Gasteiger partial charge in [0.05, 0.1) is 42.5 Å². The van der Waals surface area contributed by atoms with E-state index in [0.717, 1.165) is 37.7 Å². The molecule has 5 aliphatic rings. The predicted molar refractivity (Wildman–Crippen MR) is 148 cm³/mol. The number of unbranched alkanes of at least 4 members (excludes halogenated alkanes) is 2. The summed E-state index contributed by atoms with van der Waals surface area (Å²) in [7, 11) is 0. The van der Waals surface area contributed by atoms with Crippen molar-refractivity contribution in [2.75, 3.05) is 39.3 Å². The van der Waals surface area contributed by atoms with Gasteiger partial charge in [-0.05, 0) is 43.1 Å². The fraction of sp³-hybridized carbons (Fsp3) is 0.821. The Morgan fingerprint density at radius 3 is 2.92 bits per heavy atom. The third-order valence-corrected chi connectivity index (χ3v) is 9.73. The van der Waals surface area contributed by atoms with Gasteiger partial charge in [0, 0.05) is 32.7 Å². The minimum absolute atomic E-state index is 0.127. The molecule has 0 aromatic carbocycles. The molecule has 3 saturated heterocycles. The molecule has 0 spiro atoms. The molecule has 2 bridgehead atoms. The summed E-state index contributed by atoms with van der Waals surface area (Å²) in [5.74, 6) is -1.57. The van der Waals surface area contributed by atoms with Crippen LogP contribution in [0.2, 0.25) is 0 Å². The standard InChI is InChI=1S/C28H45F2N7O3/c1-2-3-4-6-28-7-5-17(10-28)19(29)13-34-21(11-28)23(25(31)32)26(38)35-22-14-33-12-20(30)24(22)36-8-9-37-18(15-36)16-40-27(37)39/h13,18,20-25,33H,2-12,14-16,31-32H2,1H3,(H,35,38). The number of allylic oxidation sites excluding steroid dienone is 2. The van der Waals surface area contributed by atoms with Gasteiger partial charge in [-0.2, -0.15) is 0 Å². The van der Waals surface area contributed by atoms with Crippen LogP contribution in [0.1, 0.15) is 58.3 Å². The van der Waals surface area contributed by atoms with Crippen LogP contribution in [0.3, 0.4) is 0 Å². The summed E-state index contributed by atoms with van der Waals surface area (Å²) >= 11 is 0. The highest BCUT2D eigenvalue weighted by Crippen LogP contribution is 2.51. The molecule has 4 heterocycles. The fourth-order valence-corrected chi connectivity index (χ4v) is 7.62. The number of hydrogen-bond acceptors (Lipinski definition) is 8. The van der Waals surface area contributed by atoms with Gasteiger partial charge in [-0.15, -0.1) is 0 Å². The van der Waals surface area contributed by atoms with Crippen LogP contribution in [-0.4, -0.2) is 104 Å². The average molecular weight is 566 g/mol. The van der Waals surface area contributed by atoms with Crippen molar-refractivity contribution >= 4 is 18.2 Å². The monoisotopic (exact) mass is 565 g/mol. The Hall–Kier alpha value is -2.15. The van der Waals surface area contributed by atoms with Gasteiger partial charge < -0.3 is 26.8 Å². The van der Waals surface area contributed by atoms with Crippen molar-refractivity contribution in [2.24, 2.45) is 27.8 Å². The van der Waals surface area contributed by atoms with Gasteiger partial charge in [0.25, 0.3) is 0 Å². The Balaban J connectivity index is 1.33. The second-order valence-corrected chi connectivity index (χ2v) is 12.4. The van der Waals surface area contributed by atoms with E-state index in [1.165, 1.54) is 6.21 Å². The van der Waals surface area contributed by atoms with Gasteiger partial charge in [0.15, 0.2) is 0 Å². The van der Waals surface area contributed by atoms with E-state index in [4.69, 9.17) is 16.2 Å². The molecule has 5 rings (SSSR count). The summed E-state index contributed by atoms with van der Waals surface area (Å²) in [6, 6.07) is -1.81. The van der Waals surface area contributed by atoms with Crippen LogP contribution in [0.4, 0.5) is 13.6 Å². The van der Waals surface area contributed by atoms with Crippen LogP contribution < -0.4 is 22.1 Å². The lowest BCUT2D eigenvalue weighted by Gasteiger charge is -2.46. The van der Waals surface area contributed by atoms with Crippen molar-refractivity contribution in [1.29, 1.82) is 0 Å². The number of carbonyl (C=O) groups is 2. The van der Waals surface area contributed by atoms with Gasteiger partial charge >= 0.3 is 6.09 Å². The van der Waals surface area contributed by atoms with Crippen molar-refractivity contribution in [3.8, 4) is 0 Å². The van der Waals surface area contributed by atoms with Gasteiger partial charge in [0.1, 0.15) is 18.6 Å². The number of piperidine rings is 1. The van der Waals surface area contributed by atoms with E-state index in [9.17, 15) is 14.0 Å². The van der Waals surface area contributed by atoms with Crippen molar-refractivity contribution in [3.05, 3.63) is 11.4 Å². The zero-order chi connectivity index (χ0) is 28.4. The molecule has 1 aliphatic carbocycles. The predicted octanol–water partition coefficient (Wildman–Crippen LogP) is 1.59. The minimum atomic E-state index is -1.22. The zero-order valence-electron chi connectivity index (χ0n) is 23.5. The number of amides is 2. The number of aliphatic imine (C=N–C) groups is 1. The first-order chi connectivity index (χ1) is 19.2. The van der Waals surface area contributed by atoms with Crippen LogP contribution in [0.25, 0.3) is 0 Å². The minimum Gasteiger partial charge on any atom is -0.447 e. The molecule has 0 aromatic rings. The highest BCUT2D eigenvalue weighted by molar-refractivity contribution is 5.82. The number of cyclic esters (lactones) is 1. The number of ether oxygens (including phenoxy) is 1. The van der Waals surface area contributed by atoms with E-state index in [-0.39, 0.29) is 42.4 Å². The molecular formula is C28H45F2N7O3. The van der Waals surface area contributed by atoms with Crippen molar-refractivity contribution in [3.63, 3.8) is 0 Å². The summed E-state index contributed by atoms with van der Waals surface area (Å²) in [6.07, 6.45) is 5.76. The third kappa shape index (κ3) is 6.05. The number of rotatable bonds is 9. The van der Waals surface area contributed by atoms with Crippen LogP contribution >= 0.6 is 0 Å². The first-order valence-corrected chi connectivity index (χ1v) is 15.0. The zero-order valence-corrected chi connectivity index (χ0v) is 23.5. The number of nitrogens with two attached hydrogens (primary N) is 2. The van der Waals surface area contributed by atoms with E-state index in [1.54, 1.807) is 4.90 Å². The van der Waals surface area contributed by atoms with E-state index in [2.05, 4.69) is 22.5 Å². The summed E-state index contributed by atoms with van der Waals surface area (Å²) in [4.78, 5) is 34.1. The maximum absolute atomic E-state index is 15.4. The lowest BCUT2D eigenvalue weighted by Crippen LogP contribution is -2.69. The quantitative estimate of drug-likeness (QED) is 0.246. The molecule has 12 heteroatoms. The average Bonchev–Trinajstić information content (AvgIpc) is 3.51. The number of piperazine rings is 1. The Bertz CT molecular complexity index is 1010. The van der Waals surface area contributed by atoms with Crippen LogP contribution in [-0.2, 0) is 9.53 Å². The van der Waals surface area contributed by atoms with Crippen LogP contribution in [0.5, 0.6) is 0 Å². The summed E-state index contributed by atoms with van der Waals surface area (Å²) in [6.45, 7) is 4.43. The molecule has 10 nitrogen and oxygen atoms in total. The molecule has 224 valence electrons. The molecule has 0 radical (unpaired) electrons. The Morgan fingerprint density at radius 2 is 2.15 bits per heavy atom. The number of nitrogens with one attached hydrogen (secondary N) is 2. The highest BCUT2D eigenvalue weighted by Gasteiger charge is 2.47. The molecule has 4 aliphatic heterocycles. The maximum atomic E-state index is 15.4. The fourth-order valence-electron chi connectivity index (χ4n) is 7.62. The second-order valence-electron chi connectivity index (χ2n) is 12.4. The molecule has 6 N–H and O–H groups in total. The second kappa shape index (κ2) is 12.4. The van der Waals surface area contributed by atoms with Gasteiger partial charge in [0.2, 0.25) is 5.91 Å². The molecule has 2 amide bonds. The normalized spacial score (nSPS) is 35.4. The topological polar surface area (TPSA) is 138 Å². The first kappa shape index (κ1) is 29.3. The molecule has 40 heavy (non-hydrogen) atoms. The Kier molecular flexibility index (Phi) is 9.08. The van der Waals surface area contributed by atoms with E-state index >= 15 is 4.39 Å². The van der Waals surface area contributed by atoms with Gasteiger partial charge in [-0.25, -0.2) is 13.6 Å². The summed E-state index contributed by atoms with van der Waals surface area (Å²) < 4.78 is 35.6. The number of hydrogen-bond donors (Lipinski definition) is 4. The molecular weight excluding hydrogens is 520 g/mol. The maximum Gasteiger partial charge on any atom is 0.410 e. The molecule has 7 unspecified atom stereocenters. The number of fused-ring (bicyclic) bond motifs is 3. The Labute approximate surface area is 235 Å². The van der Waals surface area contributed by atoms with Gasteiger partial charge in [-0.3, -0.25) is 19.6 Å². The number of halogens is 2. The van der Waals surface area contributed by atoms with Crippen molar-refractivity contribution < 1.29 is 23.1 Å². The van der Waals surface area contributed by atoms with Gasteiger partial charge in [-0.1, -0.05) is 26.2 Å². The third-order valence-electron chi connectivity index (χ3n) is 9.73. The SMILES string of the molecule is CCCCCC12CCC(=C(F)C=NC(C(C(=O)NC3CNCC(F)C3N3CCN4C(=O)OCC4C3)C(N)N)C1)C2. The summed E-state index contributed by atoms with van der Waals surface area (Å²) in [5.41, 5.74) is 13.1. The van der Waals surface area contributed by atoms with Crippen LogP contribution in [0.15, 0.2) is 16.4 Å². The number of alkyl halides is 1. The Morgan fingerprint density at radius 1 is 1.32 bits per heavy atom. The van der Waals surface area contributed by atoms with Crippen molar-refractivity contribution in [1.82, 2.24) is 20.4 Å². The summed E-state index contributed by atoms with van der Waals surface area (Å²) in [5, 5.41) is 6.15. The number of carbonyl (C=O) groups excluding carboxylic acids is 2. The molecule has 1 saturated carbocycles. The lowest BCUT2D eigenvalue weighted by atomic mass is 9.72. The van der Waals surface area contributed by atoms with E-state index in [1.807, 2.05) is 4.90 Å². The first-order valence-electron chi connectivity index (χ1n) is 15.0. The molecule has 7 atom stereocenters. The largest absolute Gasteiger partial charge is 0.447 e. The number of nitrogens with zero attached hydrogens (tertiary/aromatic N) is 3. The highest BCUT2D eigenvalue weighted by atomic mass is 19.1. The van der Waals surface area contributed by atoms with Crippen LogP contribution in [0, 0.1) is 11.3 Å². The molecule has 4 fully saturated rings. The van der Waals surface area contributed by atoms with Crippen molar-refractivity contribution in [2.45, 2.75) is 94.8 Å². The van der Waals surface area contributed by atoms with E-state index < -0.39 is 36.4 Å². The lowest BCUT2D eigenvalue weighted by molar-refractivity contribution is -0.128. The molecule has 0 aromatic heterocycles.